The predicted octanol–water partition coefficient (Wildman–Crippen LogP) is 3.00. The number of benzene rings is 1. The summed E-state index contributed by atoms with van der Waals surface area (Å²) in [6.07, 6.45) is 5.18. The van der Waals surface area contributed by atoms with Gasteiger partial charge in [-0.25, -0.2) is 14.2 Å². The van der Waals surface area contributed by atoms with E-state index in [0.717, 1.165) is 28.0 Å². The van der Waals surface area contributed by atoms with Crippen LogP contribution in [0, 0.1) is 0 Å². The molecule has 7 heteroatoms. The van der Waals surface area contributed by atoms with Gasteiger partial charge >= 0.3 is 0 Å². The standard InChI is InChI=1S/C21H16N6O/c28-19-10-9-17(24-27(19)13-16-12-22-14-23-16)20-18-8-4-5-11-26(18)25-21(20)15-6-2-1-3-7-15/h1-12,14H,13H2,(H,22,23). The Morgan fingerprint density at radius 2 is 1.79 bits per heavy atom. The van der Waals surface area contributed by atoms with Crippen LogP contribution in [0.4, 0.5) is 0 Å². The number of hydrogen-bond acceptors (Lipinski definition) is 4. The molecule has 0 aliphatic heterocycles. The molecule has 1 aromatic carbocycles. The monoisotopic (exact) mass is 368 g/mol. The molecule has 0 unspecified atom stereocenters. The number of rotatable bonds is 4. The van der Waals surface area contributed by atoms with E-state index in [1.54, 1.807) is 24.7 Å². The Bertz CT molecular complexity index is 1300. The van der Waals surface area contributed by atoms with Gasteiger partial charge in [0.2, 0.25) is 0 Å². The maximum atomic E-state index is 12.3. The fourth-order valence-corrected chi connectivity index (χ4v) is 3.28. The first kappa shape index (κ1) is 16.2. The van der Waals surface area contributed by atoms with Crippen LogP contribution < -0.4 is 5.56 Å². The van der Waals surface area contributed by atoms with Crippen LogP contribution in [0.3, 0.4) is 0 Å². The SMILES string of the molecule is O=c1ccc(-c2c(-c3ccccc3)nn3ccccc23)nn1Cc1cnc[nH]1. The first-order chi connectivity index (χ1) is 13.8. The van der Waals surface area contributed by atoms with Crippen LogP contribution in [0.25, 0.3) is 28.0 Å². The zero-order chi connectivity index (χ0) is 18.9. The molecular weight excluding hydrogens is 352 g/mol. The lowest BCUT2D eigenvalue weighted by Crippen LogP contribution is -2.23. The Balaban J connectivity index is 1.72. The van der Waals surface area contributed by atoms with Crippen molar-refractivity contribution in [1.29, 1.82) is 0 Å². The van der Waals surface area contributed by atoms with Gasteiger partial charge in [-0.1, -0.05) is 36.4 Å². The largest absolute Gasteiger partial charge is 0.347 e. The smallest absolute Gasteiger partial charge is 0.267 e. The van der Waals surface area contributed by atoms with Gasteiger partial charge in [0.25, 0.3) is 5.56 Å². The molecule has 0 amide bonds. The number of nitrogens with zero attached hydrogens (tertiary/aromatic N) is 5. The van der Waals surface area contributed by atoms with Crippen molar-refractivity contribution in [2.75, 3.05) is 0 Å². The van der Waals surface area contributed by atoms with E-state index in [1.165, 1.54) is 4.68 Å². The molecule has 7 nitrogen and oxygen atoms in total. The Morgan fingerprint density at radius 3 is 2.61 bits per heavy atom. The summed E-state index contributed by atoms with van der Waals surface area (Å²) >= 11 is 0. The molecule has 1 N–H and O–H groups in total. The summed E-state index contributed by atoms with van der Waals surface area (Å²) in [5.41, 5.74) is 4.98. The van der Waals surface area contributed by atoms with Crippen molar-refractivity contribution in [3.05, 3.63) is 95.4 Å². The molecule has 0 aliphatic rings. The number of aromatic nitrogens is 6. The van der Waals surface area contributed by atoms with E-state index < -0.39 is 0 Å². The van der Waals surface area contributed by atoms with Crippen molar-refractivity contribution in [2.24, 2.45) is 0 Å². The summed E-state index contributed by atoms with van der Waals surface area (Å²) in [4.78, 5) is 19.3. The molecule has 0 bridgehead atoms. The van der Waals surface area contributed by atoms with E-state index in [4.69, 9.17) is 5.10 Å². The van der Waals surface area contributed by atoms with Crippen LogP contribution in [0.15, 0.2) is 84.2 Å². The molecule has 136 valence electrons. The lowest BCUT2D eigenvalue weighted by molar-refractivity contribution is 0.634. The van der Waals surface area contributed by atoms with Crippen molar-refractivity contribution in [1.82, 2.24) is 29.4 Å². The van der Waals surface area contributed by atoms with Gasteiger partial charge in [0.05, 0.1) is 35.3 Å². The Kier molecular flexibility index (Phi) is 3.83. The van der Waals surface area contributed by atoms with Gasteiger partial charge in [-0.2, -0.15) is 10.2 Å². The quantitative estimate of drug-likeness (QED) is 0.529. The van der Waals surface area contributed by atoms with Crippen molar-refractivity contribution < 1.29 is 0 Å². The number of H-pyrrole nitrogens is 1. The number of fused-ring (bicyclic) bond motifs is 1. The Morgan fingerprint density at radius 1 is 0.929 bits per heavy atom. The minimum Gasteiger partial charge on any atom is -0.347 e. The lowest BCUT2D eigenvalue weighted by Gasteiger charge is -2.07. The predicted molar refractivity (Wildman–Crippen MR) is 106 cm³/mol. The minimum absolute atomic E-state index is 0.170. The van der Waals surface area contributed by atoms with E-state index in [0.29, 0.717) is 12.2 Å². The van der Waals surface area contributed by atoms with E-state index in [9.17, 15) is 4.79 Å². The molecule has 0 fully saturated rings. The fourth-order valence-electron chi connectivity index (χ4n) is 3.28. The summed E-state index contributed by atoms with van der Waals surface area (Å²) in [6.45, 7) is 0.326. The highest BCUT2D eigenvalue weighted by molar-refractivity contribution is 5.90. The maximum Gasteiger partial charge on any atom is 0.267 e. The van der Waals surface area contributed by atoms with E-state index >= 15 is 0 Å². The van der Waals surface area contributed by atoms with Gasteiger partial charge in [0, 0.05) is 24.0 Å². The summed E-state index contributed by atoms with van der Waals surface area (Å²) in [5, 5.41) is 9.39. The van der Waals surface area contributed by atoms with Crippen molar-refractivity contribution >= 4 is 5.52 Å². The number of hydrogen-bond donors (Lipinski definition) is 1. The molecule has 4 aromatic heterocycles. The van der Waals surface area contributed by atoms with Gasteiger partial charge in [0.15, 0.2) is 0 Å². The molecule has 0 spiro atoms. The summed E-state index contributed by atoms with van der Waals surface area (Å²) in [6, 6.07) is 19.2. The highest BCUT2D eigenvalue weighted by Crippen LogP contribution is 2.33. The van der Waals surface area contributed by atoms with Gasteiger partial charge < -0.3 is 4.98 Å². The fraction of sp³-hybridized carbons (Fsp3) is 0.0476. The van der Waals surface area contributed by atoms with Crippen LogP contribution in [-0.4, -0.2) is 29.4 Å². The van der Waals surface area contributed by atoms with E-state index in [2.05, 4.69) is 15.1 Å². The van der Waals surface area contributed by atoms with Gasteiger partial charge in [-0.15, -0.1) is 0 Å². The van der Waals surface area contributed by atoms with Crippen molar-refractivity contribution in [3.63, 3.8) is 0 Å². The Hall–Kier alpha value is -4.00. The summed E-state index contributed by atoms with van der Waals surface area (Å²) < 4.78 is 3.27. The zero-order valence-electron chi connectivity index (χ0n) is 14.9. The van der Waals surface area contributed by atoms with E-state index in [1.807, 2.05) is 59.2 Å². The van der Waals surface area contributed by atoms with Crippen molar-refractivity contribution in [3.8, 4) is 22.5 Å². The summed E-state index contributed by atoms with van der Waals surface area (Å²) in [5.74, 6) is 0. The maximum absolute atomic E-state index is 12.3. The zero-order valence-corrected chi connectivity index (χ0v) is 14.9. The van der Waals surface area contributed by atoms with Crippen LogP contribution >= 0.6 is 0 Å². The van der Waals surface area contributed by atoms with Crippen LogP contribution in [0.1, 0.15) is 5.69 Å². The third kappa shape index (κ3) is 2.79. The third-order valence-corrected chi connectivity index (χ3v) is 4.58. The first-order valence-corrected chi connectivity index (χ1v) is 8.88. The van der Waals surface area contributed by atoms with Crippen molar-refractivity contribution in [2.45, 2.75) is 6.54 Å². The molecule has 5 aromatic rings. The molecule has 0 atom stereocenters. The molecule has 0 saturated heterocycles. The van der Waals surface area contributed by atoms with Crippen LogP contribution in [0.2, 0.25) is 0 Å². The normalized spacial score (nSPS) is 11.1. The average molecular weight is 368 g/mol. The molecule has 0 radical (unpaired) electrons. The van der Waals surface area contributed by atoms with Gasteiger partial charge in [0.1, 0.15) is 5.69 Å². The second kappa shape index (κ2) is 6.62. The molecule has 5 rings (SSSR count). The highest BCUT2D eigenvalue weighted by Gasteiger charge is 2.18. The van der Waals surface area contributed by atoms with Gasteiger partial charge in [-0.3, -0.25) is 4.79 Å². The second-order valence-corrected chi connectivity index (χ2v) is 6.41. The van der Waals surface area contributed by atoms with E-state index in [-0.39, 0.29) is 5.56 Å². The number of pyridine rings is 1. The molecule has 0 aliphatic carbocycles. The second-order valence-electron chi connectivity index (χ2n) is 6.41. The van der Waals surface area contributed by atoms with Crippen LogP contribution in [0.5, 0.6) is 0 Å². The minimum atomic E-state index is -0.170. The highest BCUT2D eigenvalue weighted by atomic mass is 16.1. The Labute approximate surface area is 159 Å². The summed E-state index contributed by atoms with van der Waals surface area (Å²) in [7, 11) is 0. The third-order valence-electron chi connectivity index (χ3n) is 4.58. The lowest BCUT2D eigenvalue weighted by atomic mass is 10.0. The number of aromatic amines is 1. The molecular formula is C21H16N6O. The van der Waals surface area contributed by atoms with Gasteiger partial charge in [-0.05, 0) is 18.2 Å². The number of nitrogens with one attached hydrogen (secondary N) is 1. The van der Waals surface area contributed by atoms with Crippen LogP contribution in [-0.2, 0) is 6.54 Å². The molecule has 28 heavy (non-hydrogen) atoms. The molecule has 4 heterocycles. The first-order valence-electron chi connectivity index (χ1n) is 8.88. The topological polar surface area (TPSA) is 80.9 Å². The molecule has 0 saturated carbocycles. The number of imidazole rings is 1. The average Bonchev–Trinajstić information content (AvgIpc) is 3.38.